The van der Waals surface area contributed by atoms with Gasteiger partial charge in [0, 0.05) is 11.8 Å². The van der Waals surface area contributed by atoms with Crippen molar-refractivity contribution in [2.45, 2.75) is 19.4 Å². The molecule has 1 N–H and O–H groups in total. The molecule has 0 amide bonds. The van der Waals surface area contributed by atoms with Gasteiger partial charge >= 0.3 is 5.97 Å². The first kappa shape index (κ1) is 15.6. The van der Waals surface area contributed by atoms with E-state index in [1.54, 1.807) is 30.3 Å². The Morgan fingerprint density at radius 3 is 2.38 bits per heavy atom. The van der Waals surface area contributed by atoms with Crippen molar-refractivity contribution in [3.8, 4) is 17.0 Å². The van der Waals surface area contributed by atoms with Gasteiger partial charge in [-0.15, -0.1) is 0 Å². The van der Waals surface area contributed by atoms with Crippen LogP contribution in [0.1, 0.15) is 13.8 Å². The number of nitrogens with zero attached hydrogens (tertiary/aromatic N) is 1. The van der Waals surface area contributed by atoms with Crippen LogP contribution in [0.4, 0.5) is 0 Å². The maximum atomic E-state index is 11.0. The molecule has 1 heterocycles. The molecular formula is C15H13Cl2NO3. The standard InChI is InChI=1S/C15H13Cl2NO3/c1-15(2,14(19)20)21-11-5-3-9(4-6-11)13-12(17)7-10(16)8-18-13/h3-8H,1-2H3,(H,19,20). The molecule has 2 aromatic rings. The normalized spacial score (nSPS) is 11.2. The molecule has 0 aliphatic carbocycles. The van der Waals surface area contributed by atoms with E-state index in [-0.39, 0.29) is 0 Å². The SMILES string of the molecule is CC(C)(Oc1ccc(-c2ncc(Cl)cc2Cl)cc1)C(=O)O. The molecule has 1 aromatic carbocycles. The van der Waals surface area contributed by atoms with Crippen molar-refractivity contribution >= 4 is 29.2 Å². The molecule has 0 aliphatic heterocycles. The molecule has 0 bridgehead atoms. The smallest absolute Gasteiger partial charge is 0.347 e. The minimum Gasteiger partial charge on any atom is -0.478 e. The fourth-order valence-electron chi connectivity index (χ4n) is 1.65. The topological polar surface area (TPSA) is 59.4 Å². The van der Waals surface area contributed by atoms with Crippen molar-refractivity contribution in [2.75, 3.05) is 0 Å². The van der Waals surface area contributed by atoms with Gasteiger partial charge in [0.1, 0.15) is 5.75 Å². The minimum absolute atomic E-state index is 0.446. The fraction of sp³-hybridized carbons (Fsp3) is 0.200. The van der Waals surface area contributed by atoms with Crippen molar-refractivity contribution in [3.05, 3.63) is 46.6 Å². The Bertz CT molecular complexity index is 669. The van der Waals surface area contributed by atoms with Crippen LogP contribution < -0.4 is 4.74 Å². The lowest BCUT2D eigenvalue weighted by molar-refractivity contribution is -0.152. The first-order valence-corrected chi connectivity index (χ1v) is 6.89. The second kappa shape index (κ2) is 5.92. The summed E-state index contributed by atoms with van der Waals surface area (Å²) in [4.78, 5) is 15.2. The number of pyridine rings is 1. The van der Waals surface area contributed by atoms with E-state index in [9.17, 15) is 4.79 Å². The number of aromatic nitrogens is 1. The van der Waals surface area contributed by atoms with Crippen LogP contribution in [0, 0.1) is 0 Å². The zero-order valence-electron chi connectivity index (χ0n) is 11.4. The summed E-state index contributed by atoms with van der Waals surface area (Å²) in [5, 5.41) is 9.94. The maximum absolute atomic E-state index is 11.0. The molecule has 110 valence electrons. The predicted molar refractivity (Wildman–Crippen MR) is 82.0 cm³/mol. The molecule has 0 unspecified atom stereocenters. The van der Waals surface area contributed by atoms with Crippen molar-refractivity contribution in [2.24, 2.45) is 0 Å². The summed E-state index contributed by atoms with van der Waals surface area (Å²) < 4.78 is 5.43. The average Bonchev–Trinajstić information content (AvgIpc) is 2.39. The number of hydrogen-bond donors (Lipinski definition) is 1. The largest absolute Gasteiger partial charge is 0.478 e. The highest BCUT2D eigenvalue weighted by molar-refractivity contribution is 6.36. The summed E-state index contributed by atoms with van der Waals surface area (Å²) >= 11 is 11.9. The molecule has 0 saturated heterocycles. The number of carbonyl (C=O) groups is 1. The number of halogens is 2. The Morgan fingerprint density at radius 1 is 1.24 bits per heavy atom. The molecule has 1 aromatic heterocycles. The molecule has 0 spiro atoms. The second-order valence-electron chi connectivity index (χ2n) is 4.93. The molecule has 4 nitrogen and oxygen atoms in total. The lowest BCUT2D eigenvalue weighted by Gasteiger charge is -2.21. The van der Waals surface area contributed by atoms with Gasteiger partial charge in [-0.25, -0.2) is 4.79 Å². The molecule has 0 saturated carbocycles. The number of rotatable bonds is 4. The van der Waals surface area contributed by atoms with Crippen molar-refractivity contribution < 1.29 is 14.6 Å². The Hall–Kier alpha value is -1.78. The van der Waals surface area contributed by atoms with E-state index in [0.29, 0.717) is 21.5 Å². The number of benzene rings is 1. The van der Waals surface area contributed by atoms with E-state index < -0.39 is 11.6 Å². The summed E-state index contributed by atoms with van der Waals surface area (Å²) in [5.74, 6) is -0.578. The van der Waals surface area contributed by atoms with Crippen LogP contribution in [0.2, 0.25) is 10.0 Å². The van der Waals surface area contributed by atoms with Crippen LogP contribution in [-0.4, -0.2) is 21.7 Å². The highest BCUT2D eigenvalue weighted by Gasteiger charge is 2.29. The van der Waals surface area contributed by atoms with Gasteiger partial charge in [0.25, 0.3) is 0 Å². The van der Waals surface area contributed by atoms with Gasteiger partial charge in [0.15, 0.2) is 5.60 Å². The lowest BCUT2D eigenvalue weighted by Crippen LogP contribution is -2.37. The summed E-state index contributed by atoms with van der Waals surface area (Å²) in [6, 6.07) is 8.48. The number of carboxylic acid groups (broad SMARTS) is 1. The third-order valence-electron chi connectivity index (χ3n) is 2.82. The third kappa shape index (κ3) is 3.65. The summed E-state index contributed by atoms with van der Waals surface area (Å²) in [6.07, 6.45) is 1.51. The van der Waals surface area contributed by atoms with E-state index in [0.717, 1.165) is 5.56 Å². The lowest BCUT2D eigenvalue weighted by atomic mass is 10.1. The Morgan fingerprint density at radius 2 is 1.86 bits per heavy atom. The molecular weight excluding hydrogens is 313 g/mol. The summed E-state index contributed by atoms with van der Waals surface area (Å²) in [5.41, 5.74) is 0.0970. The molecule has 2 rings (SSSR count). The van der Waals surface area contributed by atoms with Gasteiger partial charge in [0.05, 0.1) is 15.7 Å². The first-order chi connectivity index (χ1) is 9.79. The molecule has 0 fully saturated rings. The van der Waals surface area contributed by atoms with Crippen molar-refractivity contribution in [3.63, 3.8) is 0 Å². The number of carboxylic acids is 1. The monoisotopic (exact) mass is 325 g/mol. The van der Waals surface area contributed by atoms with E-state index >= 15 is 0 Å². The highest BCUT2D eigenvalue weighted by atomic mass is 35.5. The quantitative estimate of drug-likeness (QED) is 0.910. The van der Waals surface area contributed by atoms with E-state index in [1.807, 2.05) is 0 Å². The minimum atomic E-state index is -1.29. The molecule has 21 heavy (non-hydrogen) atoms. The second-order valence-corrected chi connectivity index (χ2v) is 5.77. The zero-order chi connectivity index (χ0) is 15.6. The van der Waals surface area contributed by atoms with Crippen LogP contribution in [0.15, 0.2) is 36.5 Å². The van der Waals surface area contributed by atoms with E-state index in [2.05, 4.69) is 4.98 Å². The number of hydrogen-bond acceptors (Lipinski definition) is 3. The fourth-order valence-corrected chi connectivity index (χ4v) is 2.14. The Labute approximate surface area is 132 Å². The van der Waals surface area contributed by atoms with Crippen molar-refractivity contribution in [1.29, 1.82) is 0 Å². The van der Waals surface area contributed by atoms with Gasteiger partial charge in [-0.3, -0.25) is 4.98 Å². The summed E-state index contributed by atoms with van der Waals surface area (Å²) in [7, 11) is 0. The predicted octanol–water partition coefficient (Wildman–Crippen LogP) is 4.30. The Balaban J connectivity index is 2.25. The van der Waals surface area contributed by atoms with Gasteiger partial charge in [-0.05, 0) is 44.2 Å². The van der Waals surface area contributed by atoms with Gasteiger partial charge in [-0.1, -0.05) is 23.2 Å². The molecule has 0 aliphatic rings. The highest BCUT2D eigenvalue weighted by Crippen LogP contribution is 2.29. The van der Waals surface area contributed by atoms with Crippen LogP contribution in [0.5, 0.6) is 5.75 Å². The third-order valence-corrected chi connectivity index (χ3v) is 3.32. The molecule has 0 radical (unpaired) electrons. The molecule has 0 atom stereocenters. The molecule has 6 heteroatoms. The zero-order valence-corrected chi connectivity index (χ0v) is 12.9. The average molecular weight is 326 g/mol. The van der Waals surface area contributed by atoms with Gasteiger partial charge < -0.3 is 9.84 Å². The van der Waals surface area contributed by atoms with E-state index in [4.69, 9.17) is 33.0 Å². The van der Waals surface area contributed by atoms with Crippen molar-refractivity contribution in [1.82, 2.24) is 4.98 Å². The Kier molecular flexibility index (Phi) is 4.40. The van der Waals surface area contributed by atoms with Crippen LogP contribution in [0.3, 0.4) is 0 Å². The van der Waals surface area contributed by atoms with E-state index in [1.165, 1.54) is 20.0 Å². The van der Waals surface area contributed by atoms with Crippen LogP contribution in [0.25, 0.3) is 11.3 Å². The summed E-state index contributed by atoms with van der Waals surface area (Å²) in [6.45, 7) is 2.97. The van der Waals surface area contributed by atoms with Gasteiger partial charge in [-0.2, -0.15) is 0 Å². The maximum Gasteiger partial charge on any atom is 0.347 e. The first-order valence-electron chi connectivity index (χ1n) is 6.13. The number of ether oxygens (including phenoxy) is 1. The number of aliphatic carboxylic acids is 1. The van der Waals surface area contributed by atoms with Crippen LogP contribution in [-0.2, 0) is 4.79 Å². The van der Waals surface area contributed by atoms with Gasteiger partial charge in [0.2, 0.25) is 0 Å². The van der Waals surface area contributed by atoms with Crippen LogP contribution >= 0.6 is 23.2 Å².